The van der Waals surface area contributed by atoms with Crippen molar-refractivity contribution in [1.29, 1.82) is 0 Å². The molecule has 1 amide bonds. The number of fused-ring (bicyclic) bond motifs is 1. The molecule has 1 fully saturated rings. The van der Waals surface area contributed by atoms with Crippen LogP contribution >= 0.6 is 23.2 Å². The van der Waals surface area contributed by atoms with Crippen LogP contribution in [-0.4, -0.2) is 70.5 Å². The maximum Gasteiger partial charge on any atom is 0.410 e. The number of benzene rings is 1. The van der Waals surface area contributed by atoms with Gasteiger partial charge in [-0.2, -0.15) is 4.98 Å². The van der Waals surface area contributed by atoms with E-state index in [4.69, 9.17) is 43.1 Å². The van der Waals surface area contributed by atoms with E-state index < -0.39 is 11.7 Å². The van der Waals surface area contributed by atoms with Crippen LogP contribution in [0, 0.1) is 0 Å². The highest BCUT2D eigenvalue weighted by atomic mass is 35.5. The van der Waals surface area contributed by atoms with Crippen LogP contribution in [0.5, 0.6) is 11.5 Å². The van der Waals surface area contributed by atoms with E-state index in [1.54, 1.807) is 30.3 Å². The number of pyridine rings is 1. The number of hydrogen-bond acceptors (Lipinski definition) is 9. The average molecular weight is 565 g/mol. The van der Waals surface area contributed by atoms with Gasteiger partial charge in [-0.05, 0) is 26.8 Å². The van der Waals surface area contributed by atoms with Gasteiger partial charge in [-0.25, -0.2) is 9.78 Å². The topological polar surface area (TPSA) is 134 Å². The zero-order valence-corrected chi connectivity index (χ0v) is 23.5. The number of amides is 1. The van der Waals surface area contributed by atoms with Crippen molar-refractivity contribution in [3.63, 3.8) is 0 Å². The number of nitrogens with one attached hydrogen (secondary N) is 1. The third kappa shape index (κ3) is 5.31. The first-order valence-electron chi connectivity index (χ1n) is 11.8. The number of carbonyl (C=O) groups is 1. The summed E-state index contributed by atoms with van der Waals surface area (Å²) < 4.78 is 17.5. The molecule has 1 aromatic carbocycles. The Labute approximate surface area is 229 Å². The number of nitrogens with two attached hydrogens (primary N) is 1. The second-order valence-corrected chi connectivity index (χ2v) is 10.7. The molecule has 3 aromatic rings. The summed E-state index contributed by atoms with van der Waals surface area (Å²) in [7, 11) is 4.51. The van der Waals surface area contributed by atoms with Gasteiger partial charge in [0.1, 0.15) is 22.7 Å². The second-order valence-electron chi connectivity index (χ2n) is 9.98. The SMILES string of the molecule is COc1cc(OC)c(Cl)c(-c2cc3cnc(NC4CN(C(=O)OC(C)(C)C)CC4N)nc3n(C)c2=O)c1Cl. The number of halogens is 2. The van der Waals surface area contributed by atoms with Crippen molar-refractivity contribution in [3.8, 4) is 22.6 Å². The quantitative estimate of drug-likeness (QED) is 0.475. The average Bonchev–Trinajstić information content (AvgIpc) is 3.22. The summed E-state index contributed by atoms with van der Waals surface area (Å²) in [6.07, 6.45) is 1.15. The minimum absolute atomic E-state index is 0.179. The number of anilines is 1. The maximum atomic E-state index is 13.4. The summed E-state index contributed by atoms with van der Waals surface area (Å²) >= 11 is 13.1. The lowest BCUT2D eigenvalue weighted by Gasteiger charge is -2.24. The van der Waals surface area contributed by atoms with Gasteiger partial charge in [-0.1, -0.05) is 23.2 Å². The molecule has 0 spiro atoms. The Balaban J connectivity index is 1.67. The lowest BCUT2D eigenvalue weighted by Crippen LogP contribution is -2.39. The van der Waals surface area contributed by atoms with Crippen molar-refractivity contribution < 1.29 is 19.0 Å². The van der Waals surface area contributed by atoms with Gasteiger partial charge >= 0.3 is 6.09 Å². The molecule has 3 N–H and O–H groups in total. The Bertz CT molecular complexity index is 1430. The first-order valence-corrected chi connectivity index (χ1v) is 12.6. The highest BCUT2D eigenvalue weighted by Gasteiger charge is 2.35. The summed E-state index contributed by atoms with van der Waals surface area (Å²) in [4.78, 5) is 36.4. The smallest absolute Gasteiger partial charge is 0.410 e. The van der Waals surface area contributed by atoms with Crippen molar-refractivity contribution >= 4 is 46.3 Å². The van der Waals surface area contributed by atoms with Gasteiger partial charge in [0.05, 0.1) is 35.9 Å². The van der Waals surface area contributed by atoms with Crippen LogP contribution in [0.3, 0.4) is 0 Å². The number of rotatable bonds is 5. The van der Waals surface area contributed by atoms with Gasteiger partial charge in [0.15, 0.2) is 0 Å². The Kier molecular flexibility index (Phi) is 7.64. The lowest BCUT2D eigenvalue weighted by molar-refractivity contribution is 0.0291. The molecule has 2 unspecified atom stereocenters. The molecule has 1 saturated heterocycles. The zero-order valence-electron chi connectivity index (χ0n) is 22.0. The van der Waals surface area contributed by atoms with Crippen LogP contribution in [0.4, 0.5) is 10.7 Å². The molecule has 0 bridgehead atoms. The minimum Gasteiger partial charge on any atom is -0.495 e. The van der Waals surface area contributed by atoms with Crippen molar-refractivity contribution in [1.82, 2.24) is 19.4 Å². The minimum atomic E-state index is -0.609. The Morgan fingerprint density at radius 3 is 2.34 bits per heavy atom. The number of aryl methyl sites for hydroxylation is 1. The van der Waals surface area contributed by atoms with Crippen LogP contribution < -0.4 is 26.1 Å². The van der Waals surface area contributed by atoms with E-state index in [9.17, 15) is 9.59 Å². The number of aromatic nitrogens is 3. The normalized spacial score (nSPS) is 17.6. The molecular formula is C25H30Cl2N6O5. The third-order valence-corrected chi connectivity index (χ3v) is 6.87. The van der Waals surface area contributed by atoms with E-state index in [1.807, 2.05) is 20.8 Å². The Morgan fingerprint density at radius 1 is 1.13 bits per heavy atom. The molecular weight excluding hydrogens is 535 g/mol. The van der Waals surface area contributed by atoms with Gasteiger partial charge in [-0.15, -0.1) is 0 Å². The fraction of sp³-hybridized carbons (Fsp3) is 0.440. The lowest BCUT2D eigenvalue weighted by atomic mass is 10.0. The molecule has 13 heteroatoms. The van der Waals surface area contributed by atoms with Crippen molar-refractivity contribution in [3.05, 3.63) is 38.7 Å². The van der Waals surface area contributed by atoms with Crippen LogP contribution in [-0.2, 0) is 11.8 Å². The van der Waals surface area contributed by atoms with Crippen LogP contribution in [0.2, 0.25) is 10.0 Å². The summed E-state index contributed by atoms with van der Waals surface area (Å²) in [5, 5.41) is 4.12. The largest absolute Gasteiger partial charge is 0.495 e. The molecule has 4 rings (SSSR count). The first kappa shape index (κ1) is 27.7. The van der Waals surface area contributed by atoms with E-state index in [0.717, 1.165) is 0 Å². The molecule has 11 nitrogen and oxygen atoms in total. The standard InChI is InChI=1S/C25H30Cl2N6O5/c1-25(2,3)38-24(35)33-10-14(28)15(11-33)30-23-29-9-12-7-13(22(34)32(4)21(12)31-23)18-19(26)16(36-5)8-17(37-6)20(18)27/h7-9,14-15H,10-11,28H2,1-6H3,(H,29,30,31). The fourth-order valence-electron chi connectivity index (χ4n) is 4.24. The fourth-order valence-corrected chi connectivity index (χ4v) is 4.94. The van der Waals surface area contributed by atoms with E-state index in [-0.39, 0.29) is 44.8 Å². The predicted molar refractivity (Wildman–Crippen MR) is 147 cm³/mol. The summed E-state index contributed by atoms with van der Waals surface area (Å²) in [6.45, 7) is 6.07. The molecule has 1 aliphatic heterocycles. The third-order valence-electron chi connectivity index (χ3n) is 6.12. The maximum absolute atomic E-state index is 13.4. The number of hydrogen-bond donors (Lipinski definition) is 2. The summed E-state index contributed by atoms with van der Waals surface area (Å²) in [6, 6.07) is 2.51. The highest BCUT2D eigenvalue weighted by molar-refractivity contribution is 6.41. The van der Waals surface area contributed by atoms with Gasteiger partial charge in [0.2, 0.25) is 5.95 Å². The monoisotopic (exact) mass is 564 g/mol. The van der Waals surface area contributed by atoms with E-state index in [0.29, 0.717) is 35.6 Å². The number of likely N-dealkylation sites (tertiary alicyclic amines) is 1. The summed E-state index contributed by atoms with van der Waals surface area (Å²) in [5.74, 6) is 0.897. The Hall–Kier alpha value is -3.28. The molecule has 0 saturated carbocycles. The molecule has 2 atom stereocenters. The molecule has 1 aliphatic rings. The van der Waals surface area contributed by atoms with Gasteiger partial charge in [0.25, 0.3) is 5.56 Å². The van der Waals surface area contributed by atoms with Gasteiger partial charge < -0.3 is 30.2 Å². The predicted octanol–water partition coefficient (Wildman–Crippen LogP) is 3.68. The second kappa shape index (κ2) is 10.5. The highest BCUT2D eigenvalue weighted by Crippen LogP contribution is 2.45. The van der Waals surface area contributed by atoms with Crippen molar-refractivity contribution in [2.45, 2.75) is 38.5 Å². The van der Waals surface area contributed by atoms with Crippen LogP contribution in [0.25, 0.3) is 22.2 Å². The first-order chi connectivity index (χ1) is 17.8. The van der Waals surface area contributed by atoms with E-state index in [2.05, 4.69) is 15.3 Å². The zero-order chi connectivity index (χ0) is 27.9. The van der Waals surface area contributed by atoms with Gasteiger partial charge in [-0.3, -0.25) is 9.36 Å². The van der Waals surface area contributed by atoms with Crippen LogP contribution in [0.15, 0.2) is 23.1 Å². The Morgan fingerprint density at radius 2 is 1.76 bits per heavy atom. The molecule has 3 heterocycles. The molecule has 0 aliphatic carbocycles. The van der Waals surface area contributed by atoms with Gasteiger partial charge in [0, 0.05) is 49.4 Å². The summed E-state index contributed by atoms with van der Waals surface area (Å²) in [5.41, 5.74) is 6.20. The number of ether oxygens (including phenoxy) is 3. The van der Waals surface area contributed by atoms with E-state index in [1.165, 1.54) is 18.8 Å². The molecule has 0 radical (unpaired) electrons. The van der Waals surface area contributed by atoms with Crippen molar-refractivity contribution in [2.24, 2.45) is 12.8 Å². The molecule has 38 heavy (non-hydrogen) atoms. The van der Waals surface area contributed by atoms with E-state index >= 15 is 0 Å². The van der Waals surface area contributed by atoms with Crippen LogP contribution in [0.1, 0.15) is 20.8 Å². The number of nitrogens with zero attached hydrogens (tertiary/aromatic N) is 4. The molecule has 2 aromatic heterocycles. The number of carbonyl (C=O) groups excluding carboxylic acids is 1. The van der Waals surface area contributed by atoms with Crippen molar-refractivity contribution in [2.75, 3.05) is 32.6 Å². The molecule has 204 valence electrons. The number of methoxy groups -OCH3 is 2.